The molecule has 0 saturated heterocycles. The van der Waals surface area contributed by atoms with Gasteiger partial charge in [-0.2, -0.15) is 0 Å². The van der Waals surface area contributed by atoms with Crippen molar-refractivity contribution < 1.29 is 5.11 Å². The smallest absolute Gasteiger partial charge is 0.0500 e. The first-order chi connectivity index (χ1) is 6.88. The highest BCUT2D eigenvalue weighted by Crippen LogP contribution is 2.35. The molecule has 0 aliphatic heterocycles. The van der Waals surface area contributed by atoms with Gasteiger partial charge in [0.15, 0.2) is 0 Å². The lowest BCUT2D eigenvalue weighted by Gasteiger charge is -2.30. The van der Waals surface area contributed by atoms with Crippen molar-refractivity contribution in [1.82, 2.24) is 0 Å². The molecular weight excluding hydrogens is 313 g/mol. The van der Waals surface area contributed by atoms with Crippen LogP contribution in [0.5, 0.6) is 0 Å². The van der Waals surface area contributed by atoms with E-state index >= 15 is 0 Å². The van der Waals surface area contributed by atoms with Crippen molar-refractivity contribution in [1.29, 1.82) is 0 Å². The molecule has 0 spiro atoms. The zero-order chi connectivity index (χ0) is 11.6. The number of aliphatic hydroxyl groups excluding tert-OH is 1. The van der Waals surface area contributed by atoms with Crippen LogP contribution in [0.25, 0.3) is 0 Å². The quantitative estimate of drug-likeness (QED) is 0.891. The maximum absolute atomic E-state index is 9.25. The van der Waals surface area contributed by atoms with Crippen LogP contribution in [-0.2, 0) is 0 Å². The molecule has 0 unspecified atom stereocenters. The second-order valence-corrected chi connectivity index (χ2v) is 5.58. The Bertz CT molecular complexity index is 358. The normalized spacial score (nSPS) is 13.1. The molecule has 0 aromatic heterocycles. The van der Waals surface area contributed by atoms with E-state index in [1.165, 1.54) is 0 Å². The summed E-state index contributed by atoms with van der Waals surface area (Å²) in [5, 5.41) is 9.92. The Labute approximate surface area is 116 Å². The molecule has 0 amide bonds. The van der Waals surface area contributed by atoms with E-state index in [2.05, 4.69) is 15.9 Å². The summed E-state index contributed by atoms with van der Waals surface area (Å²) in [4.78, 5) is 0. The van der Waals surface area contributed by atoms with Gasteiger partial charge in [0, 0.05) is 27.6 Å². The van der Waals surface area contributed by atoms with E-state index in [4.69, 9.17) is 17.3 Å². The van der Waals surface area contributed by atoms with Crippen molar-refractivity contribution in [3.63, 3.8) is 0 Å². The molecule has 0 heterocycles. The molecule has 1 atom stereocenters. The minimum Gasteiger partial charge on any atom is -0.396 e. The van der Waals surface area contributed by atoms with Gasteiger partial charge in [-0.1, -0.05) is 47.4 Å². The molecule has 0 bridgehead atoms. The van der Waals surface area contributed by atoms with Crippen LogP contribution in [0.15, 0.2) is 22.7 Å². The van der Waals surface area contributed by atoms with Crippen LogP contribution >= 0.6 is 39.9 Å². The van der Waals surface area contributed by atoms with Gasteiger partial charge in [0.2, 0.25) is 0 Å². The number of hydrogen-bond donors (Lipinski definition) is 2. The van der Waals surface area contributed by atoms with E-state index in [-0.39, 0.29) is 30.5 Å². The highest BCUT2D eigenvalue weighted by molar-refractivity contribution is 9.10. The lowest BCUT2D eigenvalue weighted by Crippen LogP contribution is -2.32. The van der Waals surface area contributed by atoms with Crippen LogP contribution < -0.4 is 5.73 Å². The average molecular weight is 329 g/mol. The standard InChI is InChI=1S/C11H15BrClNO.ClH/c1-11(2,6-15)10(14)8-4-3-7(13)5-9(8)12;/h3-5,10,15H,6,14H2,1-2H3;1H/t10-;/m0./s1. The molecule has 0 fully saturated rings. The molecule has 92 valence electrons. The maximum atomic E-state index is 9.25. The van der Waals surface area contributed by atoms with Gasteiger partial charge in [-0.15, -0.1) is 12.4 Å². The third-order valence-electron chi connectivity index (χ3n) is 2.55. The fourth-order valence-electron chi connectivity index (χ4n) is 1.27. The molecule has 0 saturated carbocycles. The molecule has 1 aromatic rings. The van der Waals surface area contributed by atoms with Gasteiger partial charge in [-0.25, -0.2) is 0 Å². The topological polar surface area (TPSA) is 46.2 Å². The van der Waals surface area contributed by atoms with Crippen molar-refractivity contribution in [2.45, 2.75) is 19.9 Å². The third kappa shape index (κ3) is 3.60. The molecule has 0 radical (unpaired) electrons. The van der Waals surface area contributed by atoms with E-state index in [0.29, 0.717) is 5.02 Å². The number of hydrogen-bond acceptors (Lipinski definition) is 2. The van der Waals surface area contributed by atoms with E-state index in [0.717, 1.165) is 10.0 Å². The van der Waals surface area contributed by atoms with Crippen molar-refractivity contribution in [2.24, 2.45) is 11.1 Å². The number of rotatable bonds is 3. The summed E-state index contributed by atoms with van der Waals surface area (Å²) >= 11 is 9.27. The Hall–Kier alpha value is 0.200. The second kappa shape index (κ2) is 6.22. The Balaban J connectivity index is 0.00000225. The van der Waals surface area contributed by atoms with Crippen LogP contribution in [0.4, 0.5) is 0 Å². The van der Waals surface area contributed by atoms with Gasteiger partial charge in [0.25, 0.3) is 0 Å². The highest BCUT2D eigenvalue weighted by Gasteiger charge is 2.28. The zero-order valence-electron chi connectivity index (χ0n) is 9.21. The summed E-state index contributed by atoms with van der Waals surface area (Å²) in [6.45, 7) is 3.90. The van der Waals surface area contributed by atoms with E-state index in [9.17, 15) is 5.11 Å². The van der Waals surface area contributed by atoms with Crippen molar-refractivity contribution in [3.8, 4) is 0 Å². The number of aliphatic hydroxyl groups is 1. The van der Waals surface area contributed by atoms with Crippen molar-refractivity contribution in [2.75, 3.05) is 6.61 Å². The summed E-state index contributed by atoms with van der Waals surface area (Å²) in [5.74, 6) is 0. The molecule has 5 heteroatoms. The summed E-state index contributed by atoms with van der Waals surface area (Å²) in [6, 6.07) is 5.27. The van der Waals surface area contributed by atoms with Crippen LogP contribution in [-0.4, -0.2) is 11.7 Å². The second-order valence-electron chi connectivity index (χ2n) is 4.29. The minimum atomic E-state index is -0.351. The summed E-state index contributed by atoms with van der Waals surface area (Å²) in [5.41, 5.74) is 6.71. The van der Waals surface area contributed by atoms with Crippen LogP contribution in [0.3, 0.4) is 0 Å². The van der Waals surface area contributed by atoms with Gasteiger partial charge >= 0.3 is 0 Å². The molecule has 0 aliphatic carbocycles. The first-order valence-electron chi connectivity index (χ1n) is 4.70. The highest BCUT2D eigenvalue weighted by atomic mass is 79.9. The van der Waals surface area contributed by atoms with Crippen LogP contribution in [0, 0.1) is 5.41 Å². The number of benzene rings is 1. The van der Waals surface area contributed by atoms with Crippen molar-refractivity contribution >= 4 is 39.9 Å². The monoisotopic (exact) mass is 327 g/mol. The Kier molecular flexibility index (Phi) is 6.30. The largest absolute Gasteiger partial charge is 0.396 e. The van der Waals surface area contributed by atoms with Gasteiger partial charge in [0.05, 0.1) is 0 Å². The predicted molar refractivity (Wildman–Crippen MR) is 74.2 cm³/mol. The summed E-state index contributed by atoms with van der Waals surface area (Å²) in [7, 11) is 0. The fraction of sp³-hybridized carbons (Fsp3) is 0.455. The van der Waals surface area contributed by atoms with Gasteiger partial charge in [-0.05, 0) is 17.7 Å². The molecule has 2 nitrogen and oxygen atoms in total. The minimum absolute atomic E-state index is 0. The van der Waals surface area contributed by atoms with Crippen LogP contribution in [0.1, 0.15) is 25.5 Å². The van der Waals surface area contributed by atoms with Crippen LogP contribution in [0.2, 0.25) is 5.02 Å². The van der Waals surface area contributed by atoms with Crippen molar-refractivity contribution in [3.05, 3.63) is 33.3 Å². The average Bonchev–Trinajstić information content (AvgIpc) is 2.17. The van der Waals surface area contributed by atoms with Gasteiger partial charge < -0.3 is 10.8 Å². The molecule has 1 rings (SSSR count). The number of halogens is 3. The Morgan fingerprint density at radius 3 is 2.50 bits per heavy atom. The number of nitrogens with two attached hydrogens (primary N) is 1. The lowest BCUT2D eigenvalue weighted by molar-refractivity contribution is 0.132. The van der Waals surface area contributed by atoms with Gasteiger partial charge in [-0.3, -0.25) is 0 Å². The van der Waals surface area contributed by atoms with E-state index in [1.807, 2.05) is 26.0 Å². The van der Waals surface area contributed by atoms with E-state index in [1.54, 1.807) is 6.07 Å². The molecule has 3 N–H and O–H groups in total. The Morgan fingerprint density at radius 1 is 1.50 bits per heavy atom. The fourth-order valence-corrected chi connectivity index (χ4v) is 2.20. The predicted octanol–water partition coefficient (Wildman–Crippen LogP) is 3.54. The SMILES string of the molecule is CC(C)(CO)[C@@H](N)c1ccc(Cl)cc1Br.Cl. The summed E-state index contributed by atoms with van der Waals surface area (Å²) < 4.78 is 0.879. The van der Waals surface area contributed by atoms with Gasteiger partial charge in [0.1, 0.15) is 0 Å². The first-order valence-corrected chi connectivity index (χ1v) is 5.87. The first kappa shape index (κ1) is 16.2. The molecular formula is C11H16BrCl2NO. The zero-order valence-corrected chi connectivity index (χ0v) is 12.4. The summed E-state index contributed by atoms with van der Waals surface area (Å²) in [6.07, 6.45) is 0. The third-order valence-corrected chi connectivity index (χ3v) is 3.47. The van der Waals surface area contributed by atoms with E-state index < -0.39 is 0 Å². The molecule has 0 aliphatic rings. The molecule has 1 aromatic carbocycles. The lowest BCUT2D eigenvalue weighted by atomic mass is 9.82. The maximum Gasteiger partial charge on any atom is 0.0500 e. The molecule has 16 heavy (non-hydrogen) atoms. The Morgan fingerprint density at radius 2 is 2.06 bits per heavy atom.